The molecule has 0 amide bonds. The van der Waals surface area contributed by atoms with Gasteiger partial charge in [-0.2, -0.15) is 5.10 Å². The Kier molecular flexibility index (Phi) is 5.16. The highest BCUT2D eigenvalue weighted by molar-refractivity contribution is 5.52. The van der Waals surface area contributed by atoms with Crippen LogP contribution in [0.4, 0.5) is 11.6 Å². The molecule has 6 nitrogen and oxygen atoms in total. The fraction of sp³-hybridized carbons (Fsp3) is 0.381. The van der Waals surface area contributed by atoms with Gasteiger partial charge in [-0.25, -0.2) is 9.97 Å². The third kappa shape index (κ3) is 4.34. The van der Waals surface area contributed by atoms with Crippen molar-refractivity contribution in [3.63, 3.8) is 0 Å². The Balaban J connectivity index is 1.45. The molecule has 1 saturated heterocycles. The molecule has 0 unspecified atom stereocenters. The van der Waals surface area contributed by atoms with Crippen molar-refractivity contribution in [2.45, 2.75) is 32.2 Å². The molecule has 27 heavy (non-hydrogen) atoms. The number of hydrogen-bond acceptors (Lipinski definition) is 5. The summed E-state index contributed by atoms with van der Waals surface area (Å²) >= 11 is 0. The molecule has 140 valence electrons. The van der Waals surface area contributed by atoms with Gasteiger partial charge in [0, 0.05) is 38.2 Å². The lowest BCUT2D eigenvalue weighted by atomic mass is 9.91. The summed E-state index contributed by atoms with van der Waals surface area (Å²) in [4.78, 5) is 11.5. The maximum absolute atomic E-state index is 4.51. The minimum atomic E-state index is 0.529. The van der Waals surface area contributed by atoms with Gasteiger partial charge in [-0.3, -0.25) is 9.58 Å². The van der Waals surface area contributed by atoms with Crippen LogP contribution < -0.4 is 5.32 Å². The number of anilines is 2. The summed E-state index contributed by atoms with van der Waals surface area (Å²) in [5, 5.41) is 7.62. The third-order valence-electron chi connectivity index (χ3n) is 5.21. The van der Waals surface area contributed by atoms with Crippen LogP contribution in [0.5, 0.6) is 0 Å². The predicted molar refractivity (Wildman–Crippen MR) is 107 cm³/mol. The van der Waals surface area contributed by atoms with Crippen molar-refractivity contribution in [3.05, 3.63) is 65.7 Å². The average molecular weight is 362 g/mol. The molecule has 1 aliphatic heterocycles. The van der Waals surface area contributed by atoms with Crippen LogP contribution in [-0.2, 0) is 13.6 Å². The van der Waals surface area contributed by atoms with Gasteiger partial charge < -0.3 is 5.32 Å². The van der Waals surface area contributed by atoms with Crippen LogP contribution in [0.3, 0.4) is 0 Å². The van der Waals surface area contributed by atoms with E-state index in [1.807, 2.05) is 49.2 Å². The van der Waals surface area contributed by atoms with Crippen LogP contribution in [0.2, 0.25) is 0 Å². The van der Waals surface area contributed by atoms with Crippen LogP contribution in [0, 0.1) is 6.92 Å². The van der Waals surface area contributed by atoms with Crippen molar-refractivity contribution in [2.75, 3.05) is 18.4 Å². The van der Waals surface area contributed by atoms with E-state index in [9.17, 15) is 0 Å². The molecule has 0 aromatic carbocycles. The molecule has 1 atom stereocenters. The smallest absolute Gasteiger partial charge is 0.131 e. The third-order valence-corrected chi connectivity index (χ3v) is 5.21. The second-order valence-electron chi connectivity index (χ2n) is 7.28. The highest BCUT2D eigenvalue weighted by Gasteiger charge is 2.22. The van der Waals surface area contributed by atoms with E-state index in [0.29, 0.717) is 5.92 Å². The summed E-state index contributed by atoms with van der Waals surface area (Å²) in [6.45, 7) is 5.16. The van der Waals surface area contributed by atoms with Gasteiger partial charge in [-0.1, -0.05) is 6.07 Å². The molecule has 1 N–H and O–H groups in total. The number of pyridine rings is 2. The summed E-state index contributed by atoms with van der Waals surface area (Å²) in [5.41, 5.74) is 3.60. The second-order valence-corrected chi connectivity index (χ2v) is 7.28. The van der Waals surface area contributed by atoms with E-state index in [2.05, 4.69) is 43.5 Å². The Morgan fingerprint density at radius 1 is 1.15 bits per heavy atom. The Morgan fingerprint density at radius 3 is 2.89 bits per heavy atom. The highest BCUT2D eigenvalue weighted by atomic mass is 15.3. The van der Waals surface area contributed by atoms with E-state index in [4.69, 9.17) is 0 Å². The van der Waals surface area contributed by atoms with Crippen molar-refractivity contribution >= 4 is 11.6 Å². The molecule has 1 aliphatic rings. The molecule has 4 heterocycles. The first-order chi connectivity index (χ1) is 13.2. The predicted octanol–water partition coefficient (Wildman–Crippen LogP) is 3.64. The molecular weight excluding hydrogens is 336 g/mol. The van der Waals surface area contributed by atoms with Crippen molar-refractivity contribution in [1.29, 1.82) is 0 Å². The lowest BCUT2D eigenvalue weighted by molar-refractivity contribution is 0.196. The number of rotatable bonds is 5. The normalized spacial score (nSPS) is 17.8. The molecule has 4 rings (SSSR count). The molecule has 0 spiro atoms. The van der Waals surface area contributed by atoms with Gasteiger partial charge in [-0.15, -0.1) is 0 Å². The summed E-state index contributed by atoms with van der Waals surface area (Å²) < 4.78 is 1.97. The quantitative estimate of drug-likeness (QED) is 0.751. The van der Waals surface area contributed by atoms with Crippen molar-refractivity contribution in [2.24, 2.45) is 7.05 Å². The van der Waals surface area contributed by atoms with E-state index in [1.165, 1.54) is 24.1 Å². The molecule has 3 aromatic rings. The number of nitrogens with zero attached hydrogens (tertiary/aromatic N) is 5. The zero-order valence-corrected chi connectivity index (χ0v) is 16.0. The molecule has 0 aliphatic carbocycles. The van der Waals surface area contributed by atoms with Crippen molar-refractivity contribution in [1.82, 2.24) is 24.6 Å². The van der Waals surface area contributed by atoms with Gasteiger partial charge in [0.2, 0.25) is 0 Å². The number of aromatic nitrogens is 4. The molecular formula is C21H26N6. The molecule has 6 heteroatoms. The summed E-state index contributed by atoms with van der Waals surface area (Å²) in [6, 6.07) is 12.4. The highest BCUT2D eigenvalue weighted by Crippen LogP contribution is 2.29. The lowest BCUT2D eigenvalue weighted by Gasteiger charge is -2.33. The zero-order chi connectivity index (χ0) is 18.6. The minimum absolute atomic E-state index is 0.529. The van der Waals surface area contributed by atoms with Crippen molar-refractivity contribution < 1.29 is 0 Å². The average Bonchev–Trinajstić information content (AvgIpc) is 3.07. The maximum Gasteiger partial charge on any atom is 0.131 e. The zero-order valence-electron chi connectivity index (χ0n) is 16.0. The Hall–Kier alpha value is -2.73. The summed E-state index contributed by atoms with van der Waals surface area (Å²) in [7, 11) is 2.01. The maximum atomic E-state index is 4.51. The van der Waals surface area contributed by atoms with Gasteiger partial charge in [0.15, 0.2) is 0 Å². The van der Waals surface area contributed by atoms with Gasteiger partial charge in [0.25, 0.3) is 0 Å². The van der Waals surface area contributed by atoms with Gasteiger partial charge in [-0.05, 0) is 68.1 Å². The van der Waals surface area contributed by atoms with Crippen LogP contribution >= 0.6 is 0 Å². The number of hydrogen-bond donors (Lipinski definition) is 1. The Bertz CT molecular complexity index is 903. The molecule has 0 saturated carbocycles. The fourth-order valence-electron chi connectivity index (χ4n) is 3.77. The molecule has 0 radical (unpaired) electrons. The number of nitrogens with one attached hydrogen (secondary N) is 1. The van der Waals surface area contributed by atoms with Gasteiger partial charge >= 0.3 is 0 Å². The summed E-state index contributed by atoms with van der Waals surface area (Å²) in [5.74, 6) is 2.22. The Labute approximate surface area is 160 Å². The minimum Gasteiger partial charge on any atom is -0.325 e. The standard InChI is InChI=1S/C21H26N6/c1-16-5-3-7-20(24-16)25-21-13-17(8-10-22-21)18-6-4-12-27(14-18)15-19-9-11-23-26(19)2/h3,5,7-11,13,18H,4,6,12,14-15H2,1-2H3,(H,22,24,25)/t18-/m1/s1. The van der Waals surface area contributed by atoms with E-state index in [0.717, 1.165) is 37.0 Å². The SMILES string of the molecule is Cc1cccc(Nc2cc([C@@H]3CCCN(Cc4ccnn4C)C3)ccn2)n1. The second kappa shape index (κ2) is 7.88. The van der Waals surface area contributed by atoms with Gasteiger partial charge in [0.05, 0.1) is 5.69 Å². The van der Waals surface area contributed by atoms with Crippen LogP contribution in [0.25, 0.3) is 0 Å². The number of piperidine rings is 1. The Morgan fingerprint density at radius 2 is 2.07 bits per heavy atom. The van der Waals surface area contributed by atoms with E-state index < -0.39 is 0 Å². The monoisotopic (exact) mass is 362 g/mol. The van der Waals surface area contributed by atoms with Crippen LogP contribution in [0.1, 0.15) is 35.7 Å². The van der Waals surface area contributed by atoms with E-state index in [1.54, 1.807) is 0 Å². The van der Waals surface area contributed by atoms with Gasteiger partial charge in [0.1, 0.15) is 11.6 Å². The van der Waals surface area contributed by atoms with E-state index in [-0.39, 0.29) is 0 Å². The van der Waals surface area contributed by atoms with Crippen LogP contribution in [0.15, 0.2) is 48.8 Å². The first-order valence-electron chi connectivity index (χ1n) is 9.53. The fourth-order valence-corrected chi connectivity index (χ4v) is 3.77. The lowest BCUT2D eigenvalue weighted by Crippen LogP contribution is -2.34. The molecule has 3 aromatic heterocycles. The van der Waals surface area contributed by atoms with Crippen LogP contribution in [-0.4, -0.2) is 37.7 Å². The number of likely N-dealkylation sites (tertiary alicyclic amines) is 1. The first kappa shape index (κ1) is 17.7. The van der Waals surface area contributed by atoms with E-state index >= 15 is 0 Å². The topological polar surface area (TPSA) is 58.9 Å². The van der Waals surface area contributed by atoms with Crippen molar-refractivity contribution in [3.8, 4) is 0 Å². The molecule has 1 fully saturated rings. The number of aryl methyl sites for hydroxylation is 2. The largest absolute Gasteiger partial charge is 0.325 e. The first-order valence-corrected chi connectivity index (χ1v) is 9.53. The molecule has 0 bridgehead atoms. The summed E-state index contributed by atoms with van der Waals surface area (Å²) in [6.07, 6.45) is 6.20.